The quantitative estimate of drug-likeness (QED) is 0.330. The van der Waals surface area contributed by atoms with Gasteiger partial charge in [0.05, 0.1) is 0 Å². The molecule has 1 N–H and O–H groups in total. The molecule has 1 heterocycles. The molecular formula is C14H25N3S3. The number of thiol groups is 1. The molecule has 0 aliphatic heterocycles. The molecule has 20 heavy (non-hydrogen) atoms. The van der Waals surface area contributed by atoms with E-state index in [1.807, 2.05) is 0 Å². The molecule has 0 aromatic carbocycles. The second kappa shape index (κ2) is 11.5. The van der Waals surface area contributed by atoms with Crippen LogP contribution in [0.3, 0.4) is 0 Å². The van der Waals surface area contributed by atoms with Crippen molar-refractivity contribution < 1.29 is 0 Å². The van der Waals surface area contributed by atoms with Gasteiger partial charge < -0.3 is 5.32 Å². The summed E-state index contributed by atoms with van der Waals surface area (Å²) in [6.07, 6.45) is 13.2. The van der Waals surface area contributed by atoms with Crippen molar-refractivity contribution in [1.29, 1.82) is 0 Å². The van der Waals surface area contributed by atoms with Crippen LogP contribution >= 0.6 is 36.2 Å². The zero-order valence-corrected chi connectivity index (χ0v) is 14.8. The molecule has 3 nitrogen and oxygen atoms in total. The van der Waals surface area contributed by atoms with Crippen molar-refractivity contribution in [2.24, 2.45) is 0 Å². The Hall–Kier alpha value is -0.200. The van der Waals surface area contributed by atoms with Gasteiger partial charge in [0, 0.05) is 6.42 Å². The molecule has 1 rings (SSSR count). The molecule has 1 aromatic heterocycles. The van der Waals surface area contributed by atoms with Gasteiger partial charge in [-0.1, -0.05) is 81.8 Å². The third kappa shape index (κ3) is 8.87. The van der Waals surface area contributed by atoms with Gasteiger partial charge in [-0.25, -0.2) is 0 Å². The Morgan fingerprint density at radius 1 is 1.05 bits per heavy atom. The predicted molar refractivity (Wildman–Crippen MR) is 96.0 cm³/mol. The molecule has 0 saturated carbocycles. The van der Waals surface area contributed by atoms with Crippen LogP contribution < -0.4 is 5.32 Å². The monoisotopic (exact) mass is 331 g/mol. The van der Waals surface area contributed by atoms with Gasteiger partial charge in [0.15, 0.2) is 0 Å². The molecule has 0 fully saturated rings. The summed E-state index contributed by atoms with van der Waals surface area (Å²) in [4.78, 5) is 0. The van der Waals surface area contributed by atoms with E-state index < -0.39 is 0 Å². The van der Waals surface area contributed by atoms with Gasteiger partial charge in [-0.05, 0) is 6.42 Å². The minimum atomic E-state index is 0.441. The molecule has 0 amide bonds. The third-order valence-corrected chi connectivity index (χ3v) is 4.29. The molecule has 1 aromatic rings. The molecule has 0 aliphatic carbocycles. The lowest BCUT2D eigenvalue weighted by Gasteiger charge is -2.00. The highest BCUT2D eigenvalue weighted by Gasteiger charge is 2.04. The summed E-state index contributed by atoms with van der Waals surface area (Å²) in [7, 11) is 0. The van der Waals surface area contributed by atoms with Crippen molar-refractivity contribution in [2.45, 2.75) is 71.1 Å². The number of hydrogen-bond acceptors (Lipinski definition) is 4. The van der Waals surface area contributed by atoms with Crippen LogP contribution in [0.25, 0.3) is 0 Å². The molecular weight excluding hydrogens is 306 g/mol. The summed E-state index contributed by atoms with van der Waals surface area (Å²) >= 11 is 10.4. The Bertz CT molecular complexity index is 379. The summed E-state index contributed by atoms with van der Waals surface area (Å²) in [5.41, 5.74) is 0. The van der Waals surface area contributed by atoms with Crippen LogP contribution in [-0.2, 0) is 6.42 Å². The summed E-state index contributed by atoms with van der Waals surface area (Å²) in [5, 5.41) is 12.9. The van der Waals surface area contributed by atoms with Crippen molar-refractivity contribution in [3.8, 4) is 0 Å². The average Bonchev–Trinajstić information content (AvgIpc) is 2.83. The number of thiocarbonyl (C=S) groups is 1. The summed E-state index contributed by atoms with van der Waals surface area (Å²) < 4.78 is 0.441. The zero-order valence-electron chi connectivity index (χ0n) is 12.2. The minimum absolute atomic E-state index is 0.441. The maximum Gasteiger partial charge on any atom is 0.211 e. The van der Waals surface area contributed by atoms with E-state index in [4.69, 9.17) is 12.2 Å². The van der Waals surface area contributed by atoms with E-state index in [1.54, 1.807) is 11.3 Å². The minimum Gasteiger partial charge on any atom is -0.316 e. The summed E-state index contributed by atoms with van der Waals surface area (Å²) in [5.74, 6) is 0. The van der Waals surface area contributed by atoms with Crippen molar-refractivity contribution >= 4 is 45.6 Å². The van der Waals surface area contributed by atoms with Crippen LogP contribution in [-0.4, -0.2) is 14.5 Å². The van der Waals surface area contributed by atoms with Gasteiger partial charge in [-0.15, -0.1) is 22.8 Å². The van der Waals surface area contributed by atoms with Gasteiger partial charge in [-0.3, -0.25) is 0 Å². The number of unbranched alkanes of at least 4 members (excludes halogenated alkanes) is 8. The van der Waals surface area contributed by atoms with Crippen molar-refractivity contribution in [1.82, 2.24) is 10.2 Å². The van der Waals surface area contributed by atoms with E-state index in [9.17, 15) is 0 Å². The number of nitrogens with zero attached hydrogens (tertiary/aromatic N) is 2. The number of aromatic nitrogens is 2. The largest absolute Gasteiger partial charge is 0.316 e. The van der Waals surface area contributed by atoms with Gasteiger partial charge in [0.2, 0.25) is 5.13 Å². The molecule has 0 saturated heterocycles. The van der Waals surface area contributed by atoms with Crippen LogP contribution in [0.5, 0.6) is 0 Å². The van der Waals surface area contributed by atoms with E-state index in [2.05, 4.69) is 35.1 Å². The molecule has 0 spiro atoms. The Kier molecular flexibility index (Phi) is 10.2. The van der Waals surface area contributed by atoms with Crippen molar-refractivity contribution in [2.75, 3.05) is 5.32 Å². The lowest BCUT2D eigenvalue weighted by molar-refractivity contribution is 0.564. The highest BCUT2D eigenvalue weighted by atomic mass is 32.1. The molecule has 114 valence electrons. The Balaban J connectivity index is 1.98. The first-order chi connectivity index (χ1) is 9.72. The number of nitrogens with one attached hydrogen (secondary N) is 1. The lowest BCUT2D eigenvalue weighted by atomic mass is 10.1. The highest BCUT2D eigenvalue weighted by Crippen LogP contribution is 2.18. The number of anilines is 1. The Morgan fingerprint density at radius 3 is 2.25 bits per heavy atom. The molecule has 0 unspecified atom stereocenters. The molecule has 0 atom stereocenters. The van der Waals surface area contributed by atoms with Gasteiger partial charge in [-0.2, -0.15) is 0 Å². The van der Waals surface area contributed by atoms with Crippen LogP contribution in [0.1, 0.15) is 69.7 Å². The standard InChI is InChI=1S/C14H25N3S3/c1-2-3-4-5-6-7-8-9-10-11-12-16-17-13(20-12)15-14(18)19/h2-11H2,1H3,(H2,15,17,18,19). The lowest BCUT2D eigenvalue weighted by Crippen LogP contribution is -1.99. The fourth-order valence-corrected chi connectivity index (χ4v) is 3.21. The second-order valence-corrected chi connectivity index (χ2v) is 7.23. The van der Waals surface area contributed by atoms with Crippen LogP contribution in [0, 0.1) is 0 Å². The fraction of sp³-hybridized carbons (Fsp3) is 0.786. The molecule has 0 aliphatic rings. The second-order valence-electron chi connectivity index (χ2n) is 5.01. The topological polar surface area (TPSA) is 37.8 Å². The van der Waals surface area contributed by atoms with E-state index in [1.165, 1.54) is 57.8 Å². The normalized spacial score (nSPS) is 10.7. The van der Waals surface area contributed by atoms with Crippen LogP contribution in [0.15, 0.2) is 0 Å². The Labute approximate surface area is 137 Å². The maximum atomic E-state index is 4.85. The van der Waals surface area contributed by atoms with Gasteiger partial charge >= 0.3 is 0 Å². The van der Waals surface area contributed by atoms with E-state index >= 15 is 0 Å². The Morgan fingerprint density at radius 2 is 1.65 bits per heavy atom. The van der Waals surface area contributed by atoms with Crippen LogP contribution in [0.4, 0.5) is 5.13 Å². The van der Waals surface area contributed by atoms with Gasteiger partial charge in [0.25, 0.3) is 0 Å². The van der Waals surface area contributed by atoms with E-state index in [0.29, 0.717) is 4.32 Å². The molecule has 6 heteroatoms. The summed E-state index contributed by atoms with van der Waals surface area (Å²) in [6.45, 7) is 2.26. The van der Waals surface area contributed by atoms with Crippen molar-refractivity contribution in [3.05, 3.63) is 5.01 Å². The first-order valence-electron chi connectivity index (χ1n) is 7.54. The smallest absolute Gasteiger partial charge is 0.211 e. The van der Waals surface area contributed by atoms with E-state index in [0.717, 1.165) is 16.6 Å². The zero-order chi connectivity index (χ0) is 14.6. The highest BCUT2D eigenvalue weighted by molar-refractivity contribution is 8.11. The predicted octanol–water partition coefficient (Wildman–Crippen LogP) is 5.24. The van der Waals surface area contributed by atoms with Crippen LogP contribution in [0.2, 0.25) is 0 Å². The molecule has 0 radical (unpaired) electrons. The van der Waals surface area contributed by atoms with E-state index in [-0.39, 0.29) is 0 Å². The number of hydrogen-bond donors (Lipinski definition) is 2. The first-order valence-corrected chi connectivity index (χ1v) is 9.22. The first kappa shape index (κ1) is 17.9. The van der Waals surface area contributed by atoms with Crippen molar-refractivity contribution in [3.63, 3.8) is 0 Å². The number of rotatable bonds is 11. The van der Waals surface area contributed by atoms with Gasteiger partial charge in [0.1, 0.15) is 9.33 Å². The molecule has 0 bridgehead atoms. The summed E-state index contributed by atoms with van der Waals surface area (Å²) in [6, 6.07) is 0. The maximum absolute atomic E-state index is 4.85. The fourth-order valence-electron chi connectivity index (χ4n) is 2.08. The SMILES string of the molecule is CCCCCCCCCCCc1nnc(NC(=S)S)s1. The third-order valence-electron chi connectivity index (χ3n) is 3.17. The average molecular weight is 332 g/mol. The number of aryl methyl sites for hydroxylation is 1.